The van der Waals surface area contributed by atoms with Crippen LogP contribution in [0.4, 0.5) is 0 Å². The van der Waals surface area contributed by atoms with Crippen LogP contribution < -0.4 is 10.2 Å². The minimum Gasteiger partial charge on any atom is -0.495 e. The molecule has 3 rings (SSSR count). The average molecular weight is 286 g/mol. The zero-order valence-electron chi connectivity index (χ0n) is 12.0. The lowest BCUT2D eigenvalue weighted by Crippen LogP contribution is -2.31. The third kappa shape index (κ3) is 2.18. The van der Waals surface area contributed by atoms with Gasteiger partial charge in [0, 0.05) is 16.9 Å². The van der Waals surface area contributed by atoms with Gasteiger partial charge in [0.15, 0.2) is 5.65 Å². The number of aryl methyl sites for hydroxylation is 2. The van der Waals surface area contributed by atoms with Gasteiger partial charge in [-0.2, -0.15) is 4.98 Å². The smallest absolute Gasteiger partial charge is 0.492 e. The highest BCUT2D eigenvalue weighted by Crippen LogP contribution is 2.16. The largest absolute Gasteiger partial charge is 0.495 e. The van der Waals surface area contributed by atoms with Gasteiger partial charge in [-0.05, 0) is 32.0 Å². The highest BCUT2D eigenvalue weighted by Gasteiger charge is 2.20. The van der Waals surface area contributed by atoms with Crippen molar-refractivity contribution in [1.82, 2.24) is 19.2 Å². The Labute approximate surface area is 121 Å². The first-order valence-electron chi connectivity index (χ1n) is 6.47. The average Bonchev–Trinajstić information content (AvgIpc) is 2.99. The molecule has 2 N–H and O–H groups in total. The normalized spacial score (nSPS) is 11.1. The number of fused-ring (bicyclic) bond motifs is 1. The molecule has 3 aromatic heterocycles. The molecule has 108 valence electrons. The Morgan fingerprint density at radius 3 is 2.43 bits per heavy atom. The fourth-order valence-electron chi connectivity index (χ4n) is 2.36. The Hall–Kier alpha value is -2.32. The molecule has 0 radical (unpaired) electrons. The molecule has 0 aromatic carbocycles. The molecular weight excluding hydrogens is 271 g/mol. The minimum atomic E-state index is -1.62. The number of pyridine rings is 1. The highest BCUT2D eigenvalue weighted by atomic mass is 16.5. The molecule has 0 saturated carbocycles. The number of hydrogen-bond donors (Lipinski definition) is 2. The number of rotatable bonds is 3. The maximum absolute atomic E-state index is 9.39. The van der Waals surface area contributed by atoms with E-state index in [1.165, 1.54) is 7.11 Å². The first-order chi connectivity index (χ1) is 10.0. The molecular formula is C13H15BN4O3. The predicted octanol–water partition coefficient (Wildman–Crippen LogP) is -0.175. The van der Waals surface area contributed by atoms with E-state index in [9.17, 15) is 10.0 Å². The van der Waals surface area contributed by atoms with E-state index >= 15 is 0 Å². The van der Waals surface area contributed by atoms with E-state index in [2.05, 4.69) is 10.1 Å². The third-order valence-electron chi connectivity index (χ3n) is 3.42. The summed E-state index contributed by atoms with van der Waals surface area (Å²) in [6.45, 7) is 3.95. The van der Waals surface area contributed by atoms with Crippen LogP contribution in [0.2, 0.25) is 0 Å². The van der Waals surface area contributed by atoms with E-state index in [0.717, 1.165) is 11.4 Å². The van der Waals surface area contributed by atoms with Gasteiger partial charge in [0.25, 0.3) is 5.95 Å². The maximum Gasteiger partial charge on any atom is 0.492 e. The summed E-state index contributed by atoms with van der Waals surface area (Å²) in [5, 5.41) is 23.2. The Bertz CT molecular complexity index is 790. The molecule has 8 heteroatoms. The van der Waals surface area contributed by atoms with Gasteiger partial charge in [0.2, 0.25) is 0 Å². The Balaban J connectivity index is 2.21. The molecule has 21 heavy (non-hydrogen) atoms. The summed E-state index contributed by atoms with van der Waals surface area (Å²) in [5.41, 5.74) is 2.82. The van der Waals surface area contributed by atoms with E-state index in [4.69, 9.17) is 4.74 Å². The van der Waals surface area contributed by atoms with Crippen LogP contribution in [-0.2, 0) is 0 Å². The molecule has 0 atom stereocenters. The fourth-order valence-corrected chi connectivity index (χ4v) is 2.36. The SMILES string of the molecule is COc1cn2nc(-n3c(C)ccc3C)nc2cc1B(O)O. The second-order valence-electron chi connectivity index (χ2n) is 4.84. The lowest BCUT2D eigenvalue weighted by molar-refractivity contribution is 0.401. The minimum absolute atomic E-state index is 0.255. The summed E-state index contributed by atoms with van der Waals surface area (Å²) in [5.74, 6) is 0.872. The Morgan fingerprint density at radius 2 is 1.86 bits per heavy atom. The van der Waals surface area contributed by atoms with Crippen LogP contribution >= 0.6 is 0 Å². The first kappa shape index (κ1) is 13.7. The number of nitrogens with zero attached hydrogens (tertiary/aromatic N) is 4. The molecule has 0 fully saturated rings. The Kier molecular flexibility index (Phi) is 3.19. The number of methoxy groups -OCH3 is 1. The van der Waals surface area contributed by atoms with Gasteiger partial charge in [0.05, 0.1) is 13.3 Å². The van der Waals surface area contributed by atoms with Crippen molar-refractivity contribution >= 4 is 18.2 Å². The van der Waals surface area contributed by atoms with Crippen molar-refractivity contribution < 1.29 is 14.8 Å². The topological polar surface area (TPSA) is 84.8 Å². The monoisotopic (exact) mass is 286 g/mol. The summed E-state index contributed by atoms with van der Waals surface area (Å²) >= 11 is 0. The zero-order valence-corrected chi connectivity index (χ0v) is 12.0. The second kappa shape index (κ2) is 4.90. The van der Waals surface area contributed by atoms with Gasteiger partial charge in [-0.3, -0.25) is 4.57 Å². The van der Waals surface area contributed by atoms with E-state index in [1.807, 2.05) is 30.5 Å². The van der Waals surface area contributed by atoms with Crippen molar-refractivity contribution in [3.05, 3.63) is 35.8 Å². The van der Waals surface area contributed by atoms with Crippen LogP contribution in [0, 0.1) is 13.8 Å². The predicted molar refractivity (Wildman–Crippen MR) is 78.2 cm³/mol. The molecule has 0 unspecified atom stereocenters. The van der Waals surface area contributed by atoms with Gasteiger partial charge < -0.3 is 14.8 Å². The molecule has 3 heterocycles. The molecule has 0 spiro atoms. The molecule has 0 aliphatic heterocycles. The van der Waals surface area contributed by atoms with Crippen molar-refractivity contribution in [2.24, 2.45) is 0 Å². The van der Waals surface area contributed by atoms with Gasteiger partial charge in [-0.15, -0.1) is 5.10 Å². The van der Waals surface area contributed by atoms with Gasteiger partial charge >= 0.3 is 7.12 Å². The maximum atomic E-state index is 9.39. The van der Waals surface area contributed by atoms with E-state index < -0.39 is 7.12 Å². The van der Waals surface area contributed by atoms with Crippen molar-refractivity contribution in [3.8, 4) is 11.7 Å². The molecule has 0 amide bonds. The van der Waals surface area contributed by atoms with E-state index in [1.54, 1.807) is 16.8 Å². The van der Waals surface area contributed by atoms with Crippen molar-refractivity contribution in [3.63, 3.8) is 0 Å². The fraction of sp³-hybridized carbons (Fsp3) is 0.231. The summed E-state index contributed by atoms with van der Waals surface area (Å²) in [7, 11) is -0.161. The molecule has 0 aliphatic carbocycles. The highest BCUT2D eigenvalue weighted by molar-refractivity contribution is 6.59. The molecule has 0 saturated heterocycles. The van der Waals surface area contributed by atoms with Crippen molar-refractivity contribution in [1.29, 1.82) is 0 Å². The van der Waals surface area contributed by atoms with Gasteiger partial charge in [-0.1, -0.05) is 0 Å². The summed E-state index contributed by atoms with van der Waals surface area (Å²) < 4.78 is 8.63. The lowest BCUT2D eigenvalue weighted by Gasteiger charge is -2.06. The molecule has 3 aromatic rings. The summed E-state index contributed by atoms with van der Waals surface area (Å²) in [4.78, 5) is 4.43. The molecule has 0 bridgehead atoms. The van der Waals surface area contributed by atoms with E-state index in [-0.39, 0.29) is 5.46 Å². The van der Waals surface area contributed by atoms with Crippen LogP contribution in [-0.4, -0.2) is 43.4 Å². The number of aromatic nitrogens is 4. The van der Waals surface area contributed by atoms with Crippen LogP contribution in [0.15, 0.2) is 24.4 Å². The summed E-state index contributed by atoms with van der Waals surface area (Å²) in [6.07, 6.45) is 1.58. The van der Waals surface area contributed by atoms with Crippen molar-refractivity contribution in [2.75, 3.05) is 7.11 Å². The van der Waals surface area contributed by atoms with Crippen LogP contribution in [0.5, 0.6) is 5.75 Å². The first-order valence-corrected chi connectivity index (χ1v) is 6.47. The van der Waals surface area contributed by atoms with Crippen LogP contribution in [0.1, 0.15) is 11.4 Å². The Morgan fingerprint density at radius 1 is 1.19 bits per heavy atom. The van der Waals surface area contributed by atoms with E-state index in [0.29, 0.717) is 17.3 Å². The van der Waals surface area contributed by atoms with Crippen LogP contribution in [0.3, 0.4) is 0 Å². The third-order valence-corrected chi connectivity index (χ3v) is 3.42. The van der Waals surface area contributed by atoms with Gasteiger partial charge in [0.1, 0.15) is 5.75 Å². The lowest BCUT2D eigenvalue weighted by atomic mass is 9.80. The standard InChI is InChI=1S/C13H15BN4O3/c1-8-4-5-9(2)18(8)13-15-12-6-10(14(19)20)11(21-3)7-17(12)16-13/h4-7,19-20H,1-3H3. The zero-order chi connectivity index (χ0) is 15.1. The number of ether oxygens (including phenoxy) is 1. The second-order valence-corrected chi connectivity index (χ2v) is 4.84. The van der Waals surface area contributed by atoms with Crippen molar-refractivity contribution in [2.45, 2.75) is 13.8 Å². The molecule has 7 nitrogen and oxygen atoms in total. The van der Waals surface area contributed by atoms with Gasteiger partial charge in [-0.25, -0.2) is 4.52 Å². The quantitative estimate of drug-likeness (QED) is 0.653. The summed E-state index contributed by atoms with van der Waals surface area (Å²) in [6, 6.07) is 5.53. The number of hydrogen-bond acceptors (Lipinski definition) is 5. The molecule has 0 aliphatic rings. The van der Waals surface area contributed by atoms with Crippen LogP contribution in [0.25, 0.3) is 11.6 Å².